The van der Waals surface area contributed by atoms with Crippen LogP contribution >= 0.6 is 0 Å². The number of rotatable bonds is 4. The summed E-state index contributed by atoms with van der Waals surface area (Å²) in [5.74, 6) is 1.28. The molecule has 0 spiro atoms. The summed E-state index contributed by atoms with van der Waals surface area (Å²) in [6.07, 6.45) is 0. The minimum absolute atomic E-state index is 0.480. The molecule has 100 valence electrons. The summed E-state index contributed by atoms with van der Waals surface area (Å²) in [6.45, 7) is 1.95. The Morgan fingerprint density at radius 1 is 1.16 bits per heavy atom. The number of benzene rings is 2. The number of nitrogens with two attached hydrogens (primary N) is 1. The maximum atomic E-state index is 12.4. The number of ether oxygens (including phenoxy) is 1. The van der Waals surface area contributed by atoms with E-state index >= 15 is 0 Å². The Balaban J connectivity index is 2.18. The zero-order valence-electron chi connectivity index (χ0n) is 11.1. The highest BCUT2D eigenvalue weighted by molar-refractivity contribution is 7.84. The molecule has 0 heterocycles. The maximum Gasteiger partial charge on any atom is 0.118 e. The highest BCUT2D eigenvalue weighted by Crippen LogP contribution is 2.20. The number of aryl methyl sites for hydroxylation is 1. The van der Waals surface area contributed by atoms with Crippen molar-refractivity contribution in [3.8, 4) is 5.75 Å². The smallest absolute Gasteiger partial charge is 0.118 e. The molecule has 4 heteroatoms. The lowest BCUT2D eigenvalue weighted by Crippen LogP contribution is -2.00. The first-order valence-corrected chi connectivity index (χ1v) is 7.29. The molecule has 0 aliphatic heterocycles. The third-order valence-corrected chi connectivity index (χ3v) is 4.44. The second-order valence-corrected chi connectivity index (χ2v) is 5.78. The fraction of sp³-hybridized carbons (Fsp3) is 0.200. The largest absolute Gasteiger partial charge is 0.497 e. The molecule has 2 aromatic rings. The van der Waals surface area contributed by atoms with Gasteiger partial charge in [-0.05, 0) is 42.3 Å². The first-order valence-electron chi connectivity index (χ1n) is 5.97. The van der Waals surface area contributed by atoms with Crippen LogP contribution in [-0.4, -0.2) is 11.3 Å². The van der Waals surface area contributed by atoms with Gasteiger partial charge in [0.25, 0.3) is 0 Å². The van der Waals surface area contributed by atoms with Crippen LogP contribution in [0, 0.1) is 6.92 Å². The molecule has 2 aromatic carbocycles. The van der Waals surface area contributed by atoms with Gasteiger partial charge in [-0.1, -0.05) is 18.2 Å². The monoisotopic (exact) mass is 275 g/mol. The molecule has 0 aromatic heterocycles. The average molecular weight is 275 g/mol. The van der Waals surface area contributed by atoms with E-state index in [1.165, 1.54) is 0 Å². The number of anilines is 1. The molecule has 0 aliphatic carbocycles. The average Bonchev–Trinajstić information content (AvgIpc) is 2.42. The molecule has 2 rings (SSSR count). The van der Waals surface area contributed by atoms with Crippen LogP contribution in [0.25, 0.3) is 0 Å². The first-order chi connectivity index (χ1) is 9.10. The Morgan fingerprint density at radius 3 is 2.47 bits per heavy atom. The van der Waals surface area contributed by atoms with Crippen molar-refractivity contribution in [2.24, 2.45) is 0 Å². The molecule has 0 bridgehead atoms. The van der Waals surface area contributed by atoms with Crippen molar-refractivity contribution in [3.63, 3.8) is 0 Å². The Bertz CT molecular complexity index is 594. The van der Waals surface area contributed by atoms with Gasteiger partial charge in [-0.15, -0.1) is 0 Å². The highest BCUT2D eigenvalue weighted by Gasteiger charge is 2.09. The van der Waals surface area contributed by atoms with E-state index < -0.39 is 10.8 Å². The maximum absolute atomic E-state index is 12.4. The van der Waals surface area contributed by atoms with E-state index in [-0.39, 0.29) is 0 Å². The summed E-state index contributed by atoms with van der Waals surface area (Å²) in [5, 5.41) is 0. The predicted molar refractivity (Wildman–Crippen MR) is 78.7 cm³/mol. The summed E-state index contributed by atoms with van der Waals surface area (Å²) < 4.78 is 17.5. The van der Waals surface area contributed by atoms with Crippen molar-refractivity contribution < 1.29 is 8.95 Å². The molecule has 1 unspecified atom stereocenters. The zero-order valence-corrected chi connectivity index (χ0v) is 11.9. The van der Waals surface area contributed by atoms with Crippen LogP contribution in [0.1, 0.15) is 11.1 Å². The van der Waals surface area contributed by atoms with Crippen LogP contribution in [0.4, 0.5) is 5.69 Å². The van der Waals surface area contributed by atoms with Crippen LogP contribution in [0.3, 0.4) is 0 Å². The fourth-order valence-corrected chi connectivity index (χ4v) is 3.16. The van der Waals surface area contributed by atoms with Crippen molar-refractivity contribution in [3.05, 3.63) is 53.6 Å². The highest BCUT2D eigenvalue weighted by atomic mass is 32.2. The Hall–Kier alpha value is -1.81. The van der Waals surface area contributed by atoms with Crippen molar-refractivity contribution in [1.29, 1.82) is 0 Å². The third kappa shape index (κ3) is 3.35. The molecule has 19 heavy (non-hydrogen) atoms. The van der Waals surface area contributed by atoms with Gasteiger partial charge >= 0.3 is 0 Å². The predicted octanol–water partition coefficient (Wildman–Crippen LogP) is 2.89. The lowest BCUT2D eigenvalue weighted by molar-refractivity contribution is 0.414. The number of nitrogen functional groups attached to an aromatic ring is 1. The van der Waals surface area contributed by atoms with Crippen LogP contribution < -0.4 is 10.5 Å². The summed E-state index contributed by atoms with van der Waals surface area (Å²) >= 11 is 0. The molecule has 0 aliphatic rings. The van der Waals surface area contributed by atoms with Crippen LogP contribution in [-0.2, 0) is 16.6 Å². The summed E-state index contributed by atoms with van der Waals surface area (Å²) in [4.78, 5) is 0.802. The summed E-state index contributed by atoms with van der Waals surface area (Å²) in [6, 6.07) is 13.1. The SMILES string of the molecule is COc1ccc(CS(=O)c2cc(N)ccc2C)cc1. The second kappa shape index (κ2) is 5.89. The minimum atomic E-state index is -1.09. The van der Waals surface area contributed by atoms with Crippen molar-refractivity contribution in [2.45, 2.75) is 17.6 Å². The molecule has 0 amide bonds. The normalized spacial score (nSPS) is 12.1. The van der Waals surface area contributed by atoms with E-state index in [1.807, 2.05) is 43.3 Å². The van der Waals surface area contributed by atoms with Crippen LogP contribution in [0.2, 0.25) is 0 Å². The number of methoxy groups -OCH3 is 1. The van der Waals surface area contributed by atoms with Crippen molar-refractivity contribution in [2.75, 3.05) is 12.8 Å². The van der Waals surface area contributed by atoms with Crippen LogP contribution in [0.5, 0.6) is 5.75 Å². The van der Waals surface area contributed by atoms with E-state index in [1.54, 1.807) is 13.2 Å². The molecule has 0 saturated carbocycles. The van der Waals surface area contributed by atoms with Gasteiger partial charge in [-0.2, -0.15) is 0 Å². The lowest BCUT2D eigenvalue weighted by Gasteiger charge is -2.08. The number of hydrogen-bond donors (Lipinski definition) is 1. The van der Waals surface area contributed by atoms with Gasteiger partial charge in [0, 0.05) is 10.6 Å². The van der Waals surface area contributed by atoms with Gasteiger partial charge in [0.15, 0.2) is 0 Å². The quantitative estimate of drug-likeness (QED) is 0.873. The van der Waals surface area contributed by atoms with Gasteiger partial charge in [0.05, 0.1) is 23.7 Å². The second-order valence-electron chi connectivity index (χ2n) is 4.36. The molecule has 1 atom stereocenters. The van der Waals surface area contributed by atoms with Gasteiger partial charge in [-0.3, -0.25) is 4.21 Å². The lowest BCUT2D eigenvalue weighted by atomic mass is 10.2. The number of hydrogen-bond acceptors (Lipinski definition) is 3. The van der Waals surface area contributed by atoms with Gasteiger partial charge in [0.2, 0.25) is 0 Å². The van der Waals surface area contributed by atoms with Gasteiger partial charge in [-0.25, -0.2) is 0 Å². The first kappa shape index (κ1) is 13.6. The standard InChI is InChI=1S/C15H17NO2S/c1-11-3-6-13(16)9-15(11)19(17)10-12-4-7-14(18-2)8-5-12/h3-9H,10,16H2,1-2H3. The Morgan fingerprint density at radius 2 is 1.84 bits per heavy atom. The van der Waals surface area contributed by atoms with Crippen molar-refractivity contribution >= 4 is 16.5 Å². The van der Waals surface area contributed by atoms with Gasteiger partial charge in [0.1, 0.15) is 5.75 Å². The van der Waals surface area contributed by atoms with E-state index in [4.69, 9.17) is 10.5 Å². The summed E-state index contributed by atoms with van der Waals surface area (Å²) in [7, 11) is 0.543. The van der Waals surface area contributed by atoms with Crippen LogP contribution in [0.15, 0.2) is 47.4 Å². The molecular formula is C15H17NO2S. The Kier molecular flexibility index (Phi) is 4.22. The Labute approximate surface area is 115 Å². The topological polar surface area (TPSA) is 52.3 Å². The molecule has 2 N–H and O–H groups in total. The van der Waals surface area contributed by atoms with E-state index in [0.717, 1.165) is 21.8 Å². The van der Waals surface area contributed by atoms with Gasteiger partial charge < -0.3 is 10.5 Å². The minimum Gasteiger partial charge on any atom is -0.497 e. The third-order valence-electron chi connectivity index (χ3n) is 2.91. The van der Waals surface area contributed by atoms with E-state index in [0.29, 0.717) is 11.4 Å². The molecule has 3 nitrogen and oxygen atoms in total. The fourth-order valence-electron chi connectivity index (χ4n) is 1.81. The molecule has 0 radical (unpaired) electrons. The van der Waals surface area contributed by atoms with Crippen molar-refractivity contribution in [1.82, 2.24) is 0 Å². The zero-order chi connectivity index (χ0) is 13.8. The molecule has 0 fully saturated rings. The van der Waals surface area contributed by atoms with E-state index in [9.17, 15) is 4.21 Å². The summed E-state index contributed by atoms with van der Waals surface area (Å²) in [5.41, 5.74) is 8.40. The van der Waals surface area contributed by atoms with E-state index in [2.05, 4.69) is 0 Å². The molecule has 0 saturated heterocycles. The molecular weight excluding hydrogens is 258 g/mol.